The Balaban J connectivity index is 2.50. The highest BCUT2D eigenvalue weighted by atomic mass is 79.9. The largest absolute Gasteiger partial charge is 0.244 e. The molecule has 0 amide bonds. The van der Waals surface area contributed by atoms with Crippen molar-refractivity contribution >= 4 is 15.9 Å². The van der Waals surface area contributed by atoms with E-state index in [1.165, 1.54) is 18.5 Å². The van der Waals surface area contributed by atoms with Crippen LogP contribution in [0, 0.1) is 5.82 Å². The molecule has 0 spiro atoms. The van der Waals surface area contributed by atoms with E-state index < -0.39 is 0 Å². The highest BCUT2D eigenvalue weighted by Gasteiger charge is 2.03. The van der Waals surface area contributed by atoms with Crippen LogP contribution in [0.25, 0.3) is 11.1 Å². The van der Waals surface area contributed by atoms with Crippen LogP contribution in [-0.2, 0) is 0 Å². The zero-order valence-corrected chi connectivity index (χ0v) is 8.70. The van der Waals surface area contributed by atoms with Crippen molar-refractivity contribution in [3.63, 3.8) is 0 Å². The SMILES string of the molecule is Fc1ccc(-c2cncnc2Br)cc1. The maximum atomic E-state index is 12.7. The van der Waals surface area contributed by atoms with E-state index in [9.17, 15) is 4.39 Å². The van der Waals surface area contributed by atoms with E-state index in [1.807, 2.05) is 0 Å². The number of halogens is 2. The number of hydrogen-bond donors (Lipinski definition) is 0. The summed E-state index contributed by atoms with van der Waals surface area (Å²) in [6.07, 6.45) is 3.14. The minimum absolute atomic E-state index is 0.248. The van der Waals surface area contributed by atoms with Crippen LogP contribution in [0.15, 0.2) is 41.4 Å². The van der Waals surface area contributed by atoms with Gasteiger partial charge >= 0.3 is 0 Å². The van der Waals surface area contributed by atoms with Crippen molar-refractivity contribution in [3.8, 4) is 11.1 Å². The van der Waals surface area contributed by atoms with Gasteiger partial charge in [0.05, 0.1) is 0 Å². The standard InChI is InChI=1S/C10H6BrFN2/c11-10-9(5-13-6-14-10)7-1-3-8(12)4-2-7/h1-6H. The molecule has 1 heterocycles. The number of nitrogens with zero attached hydrogens (tertiary/aromatic N) is 2. The van der Waals surface area contributed by atoms with E-state index in [4.69, 9.17) is 0 Å². The van der Waals surface area contributed by atoms with Crippen LogP contribution in [0.4, 0.5) is 4.39 Å². The fraction of sp³-hybridized carbons (Fsp3) is 0. The molecule has 0 saturated carbocycles. The molecule has 0 bridgehead atoms. The summed E-state index contributed by atoms with van der Waals surface area (Å²) in [7, 11) is 0. The highest BCUT2D eigenvalue weighted by molar-refractivity contribution is 9.10. The molecule has 0 N–H and O–H groups in total. The Morgan fingerprint density at radius 1 is 1.14 bits per heavy atom. The van der Waals surface area contributed by atoms with Crippen LogP contribution in [0.2, 0.25) is 0 Å². The molecule has 70 valence electrons. The van der Waals surface area contributed by atoms with Gasteiger partial charge < -0.3 is 0 Å². The smallest absolute Gasteiger partial charge is 0.123 e. The molecular formula is C10H6BrFN2. The summed E-state index contributed by atoms with van der Waals surface area (Å²) < 4.78 is 13.4. The number of benzene rings is 1. The maximum Gasteiger partial charge on any atom is 0.123 e. The Hall–Kier alpha value is -1.29. The Labute approximate surface area is 89.0 Å². The van der Waals surface area contributed by atoms with Gasteiger partial charge in [-0.1, -0.05) is 12.1 Å². The fourth-order valence-corrected chi connectivity index (χ4v) is 1.56. The quantitative estimate of drug-likeness (QED) is 0.730. The minimum Gasteiger partial charge on any atom is -0.244 e. The van der Waals surface area contributed by atoms with Gasteiger partial charge in [-0.05, 0) is 33.6 Å². The molecule has 2 aromatic rings. The normalized spacial score (nSPS) is 10.1. The van der Waals surface area contributed by atoms with Crippen LogP contribution in [0.3, 0.4) is 0 Å². The Morgan fingerprint density at radius 2 is 1.86 bits per heavy atom. The molecule has 0 atom stereocenters. The topological polar surface area (TPSA) is 25.8 Å². The van der Waals surface area contributed by atoms with Crippen molar-refractivity contribution in [2.24, 2.45) is 0 Å². The van der Waals surface area contributed by atoms with E-state index in [2.05, 4.69) is 25.9 Å². The Morgan fingerprint density at radius 3 is 2.50 bits per heavy atom. The molecule has 0 aliphatic rings. The minimum atomic E-state index is -0.248. The molecule has 1 aromatic heterocycles. The zero-order chi connectivity index (χ0) is 9.97. The average molecular weight is 253 g/mol. The van der Waals surface area contributed by atoms with E-state index in [0.717, 1.165) is 11.1 Å². The molecule has 0 unspecified atom stereocenters. The van der Waals surface area contributed by atoms with Crippen LogP contribution >= 0.6 is 15.9 Å². The molecular weight excluding hydrogens is 247 g/mol. The van der Waals surface area contributed by atoms with Gasteiger partial charge in [-0.25, -0.2) is 14.4 Å². The van der Waals surface area contributed by atoms with Gasteiger partial charge in [0.25, 0.3) is 0 Å². The molecule has 0 saturated heterocycles. The summed E-state index contributed by atoms with van der Waals surface area (Å²) >= 11 is 3.31. The second kappa shape index (κ2) is 3.84. The van der Waals surface area contributed by atoms with Crippen molar-refractivity contribution in [1.82, 2.24) is 9.97 Å². The van der Waals surface area contributed by atoms with Gasteiger partial charge in [-0.15, -0.1) is 0 Å². The van der Waals surface area contributed by atoms with E-state index in [1.54, 1.807) is 18.3 Å². The van der Waals surface area contributed by atoms with Crippen LogP contribution in [-0.4, -0.2) is 9.97 Å². The van der Waals surface area contributed by atoms with E-state index in [0.29, 0.717) is 4.60 Å². The third kappa shape index (κ3) is 1.80. The second-order valence-electron chi connectivity index (χ2n) is 2.73. The van der Waals surface area contributed by atoms with Gasteiger partial charge in [0.1, 0.15) is 16.7 Å². The van der Waals surface area contributed by atoms with Crippen LogP contribution < -0.4 is 0 Å². The molecule has 2 rings (SSSR count). The summed E-state index contributed by atoms with van der Waals surface area (Å²) in [5.74, 6) is -0.248. The molecule has 0 radical (unpaired) electrons. The van der Waals surface area contributed by atoms with Crippen molar-refractivity contribution in [1.29, 1.82) is 0 Å². The lowest BCUT2D eigenvalue weighted by Gasteiger charge is -2.01. The third-order valence-electron chi connectivity index (χ3n) is 1.82. The molecule has 0 aliphatic heterocycles. The number of hydrogen-bond acceptors (Lipinski definition) is 2. The highest BCUT2D eigenvalue weighted by Crippen LogP contribution is 2.24. The second-order valence-corrected chi connectivity index (χ2v) is 3.49. The molecule has 1 aromatic carbocycles. The Kier molecular flexibility index (Phi) is 2.54. The monoisotopic (exact) mass is 252 g/mol. The van der Waals surface area contributed by atoms with Gasteiger partial charge in [-0.2, -0.15) is 0 Å². The summed E-state index contributed by atoms with van der Waals surface area (Å²) in [5, 5.41) is 0. The first-order valence-electron chi connectivity index (χ1n) is 3.99. The third-order valence-corrected chi connectivity index (χ3v) is 2.45. The van der Waals surface area contributed by atoms with Gasteiger partial charge in [0, 0.05) is 11.8 Å². The molecule has 0 aliphatic carbocycles. The molecule has 0 fully saturated rings. The van der Waals surface area contributed by atoms with E-state index >= 15 is 0 Å². The van der Waals surface area contributed by atoms with Crippen molar-refractivity contribution < 1.29 is 4.39 Å². The van der Waals surface area contributed by atoms with Crippen molar-refractivity contribution in [3.05, 3.63) is 47.2 Å². The first kappa shape index (κ1) is 9.27. The average Bonchev–Trinajstić information content (AvgIpc) is 2.20. The first-order chi connectivity index (χ1) is 6.77. The lowest BCUT2D eigenvalue weighted by atomic mass is 10.1. The molecule has 14 heavy (non-hydrogen) atoms. The summed E-state index contributed by atoms with van der Waals surface area (Å²) in [4.78, 5) is 7.90. The van der Waals surface area contributed by atoms with Gasteiger partial charge in [-0.3, -0.25) is 0 Å². The molecule has 2 nitrogen and oxygen atoms in total. The zero-order valence-electron chi connectivity index (χ0n) is 7.11. The summed E-state index contributed by atoms with van der Waals surface area (Å²) in [5.41, 5.74) is 1.74. The lowest BCUT2D eigenvalue weighted by Crippen LogP contribution is -1.85. The Bertz CT molecular complexity index is 442. The number of rotatable bonds is 1. The van der Waals surface area contributed by atoms with Gasteiger partial charge in [0.2, 0.25) is 0 Å². The summed E-state index contributed by atoms with van der Waals surface area (Å²) in [6, 6.07) is 6.21. The predicted octanol–water partition coefficient (Wildman–Crippen LogP) is 3.05. The van der Waals surface area contributed by atoms with Crippen molar-refractivity contribution in [2.45, 2.75) is 0 Å². The van der Waals surface area contributed by atoms with E-state index in [-0.39, 0.29) is 5.82 Å². The predicted molar refractivity (Wildman–Crippen MR) is 55.1 cm³/mol. The van der Waals surface area contributed by atoms with Crippen molar-refractivity contribution in [2.75, 3.05) is 0 Å². The molecule has 4 heteroatoms. The fourth-order valence-electron chi connectivity index (χ4n) is 1.14. The summed E-state index contributed by atoms with van der Waals surface area (Å²) in [6.45, 7) is 0. The number of aromatic nitrogens is 2. The first-order valence-corrected chi connectivity index (χ1v) is 4.78. The van der Waals surface area contributed by atoms with Crippen LogP contribution in [0.1, 0.15) is 0 Å². The van der Waals surface area contributed by atoms with Gasteiger partial charge in [0.15, 0.2) is 0 Å². The maximum absolute atomic E-state index is 12.7. The van der Waals surface area contributed by atoms with Crippen LogP contribution in [0.5, 0.6) is 0 Å². The lowest BCUT2D eigenvalue weighted by molar-refractivity contribution is 0.628.